The smallest absolute Gasteiger partial charge is 0.0982 e. The molecule has 1 unspecified atom stereocenters. The Morgan fingerprint density at radius 2 is 2.27 bits per heavy atom. The van der Waals surface area contributed by atoms with E-state index in [0.717, 1.165) is 26.2 Å². The fourth-order valence-electron chi connectivity index (χ4n) is 2.77. The van der Waals surface area contributed by atoms with Crippen LogP contribution in [0, 0.1) is 0 Å². The molecule has 0 radical (unpaired) electrons. The molecule has 0 spiro atoms. The van der Waals surface area contributed by atoms with Crippen LogP contribution in [0.25, 0.3) is 0 Å². The lowest BCUT2D eigenvalue weighted by molar-refractivity contribution is 0.152. The number of nitrogens with zero attached hydrogens (tertiary/aromatic N) is 3. The molecule has 118 valence electrons. The van der Waals surface area contributed by atoms with Gasteiger partial charge in [-0.05, 0) is 11.6 Å². The highest BCUT2D eigenvalue weighted by Gasteiger charge is 2.25. The van der Waals surface area contributed by atoms with Gasteiger partial charge in [0.05, 0.1) is 10.7 Å². The van der Waals surface area contributed by atoms with Gasteiger partial charge in [-0.1, -0.05) is 26.8 Å². The lowest BCUT2D eigenvalue weighted by Gasteiger charge is -2.35. The Morgan fingerprint density at radius 3 is 2.95 bits per heavy atom. The Labute approximate surface area is 136 Å². The van der Waals surface area contributed by atoms with Crippen LogP contribution in [0.3, 0.4) is 0 Å². The molecule has 1 N–H and O–H groups in total. The fraction of sp³-hybridized carbons (Fsp3) is 0.529. The van der Waals surface area contributed by atoms with E-state index in [1.54, 1.807) is 11.3 Å². The van der Waals surface area contributed by atoms with Gasteiger partial charge in [-0.15, -0.1) is 11.3 Å². The summed E-state index contributed by atoms with van der Waals surface area (Å²) in [6.45, 7) is 10.6. The number of piperazine rings is 1. The average molecular weight is 316 g/mol. The molecule has 3 heterocycles. The van der Waals surface area contributed by atoms with Crippen LogP contribution in [0.1, 0.15) is 43.1 Å². The third-order valence-electron chi connectivity index (χ3n) is 3.98. The van der Waals surface area contributed by atoms with Gasteiger partial charge < -0.3 is 5.32 Å². The third kappa shape index (κ3) is 3.54. The maximum atomic E-state index is 4.84. The Balaban J connectivity index is 1.76. The van der Waals surface area contributed by atoms with E-state index in [0.29, 0.717) is 6.04 Å². The number of aromatic nitrogens is 2. The first-order valence-corrected chi connectivity index (χ1v) is 8.71. The summed E-state index contributed by atoms with van der Waals surface area (Å²) in [5, 5.41) is 6.92. The number of pyridine rings is 1. The second-order valence-corrected chi connectivity index (χ2v) is 7.73. The SMILES string of the molecule is CC(C)(C)c1nc(CN2CCNCC2c2cccnc2)cs1. The minimum absolute atomic E-state index is 0.134. The topological polar surface area (TPSA) is 41.1 Å². The van der Waals surface area contributed by atoms with Crippen molar-refractivity contribution in [3.63, 3.8) is 0 Å². The van der Waals surface area contributed by atoms with Crippen molar-refractivity contribution in [2.45, 2.75) is 38.8 Å². The Kier molecular flexibility index (Phi) is 4.57. The van der Waals surface area contributed by atoms with Crippen LogP contribution in [-0.4, -0.2) is 34.5 Å². The third-order valence-corrected chi connectivity index (χ3v) is 5.30. The summed E-state index contributed by atoms with van der Waals surface area (Å²) in [6, 6.07) is 4.56. The highest BCUT2D eigenvalue weighted by Crippen LogP contribution is 2.28. The second kappa shape index (κ2) is 6.44. The second-order valence-electron chi connectivity index (χ2n) is 6.87. The summed E-state index contributed by atoms with van der Waals surface area (Å²) < 4.78 is 0. The molecule has 1 aliphatic heterocycles. The first-order chi connectivity index (χ1) is 10.5. The predicted molar refractivity (Wildman–Crippen MR) is 91.1 cm³/mol. The van der Waals surface area contributed by atoms with Gasteiger partial charge >= 0.3 is 0 Å². The molecule has 0 bridgehead atoms. The zero-order chi connectivity index (χ0) is 15.6. The summed E-state index contributed by atoms with van der Waals surface area (Å²) in [4.78, 5) is 11.6. The summed E-state index contributed by atoms with van der Waals surface area (Å²) in [6.07, 6.45) is 3.81. The van der Waals surface area contributed by atoms with Crippen molar-refractivity contribution in [3.05, 3.63) is 46.2 Å². The van der Waals surface area contributed by atoms with Gasteiger partial charge in [-0.3, -0.25) is 9.88 Å². The minimum Gasteiger partial charge on any atom is -0.314 e. The number of nitrogens with one attached hydrogen (secondary N) is 1. The molecular weight excluding hydrogens is 292 g/mol. The Hall–Kier alpha value is -1.30. The Morgan fingerprint density at radius 1 is 1.41 bits per heavy atom. The quantitative estimate of drug-likeness (QED) is 0.945. The van der Waals surface area contributed by atoms with Gasteiger partial charge in [0.2, 0.25) is 0 Å². The number of hydrogen-bond acceptors (Lipinski definition) is 5. The number of thiazole rings is 1. The normalized spacial score (nSPS) is 20.2. The average Bonchev–Trinajstić information content (AvgIpc) is 2.97. The van der Waals surface area contributed by atoms with Gasteiger partial charge in [0.1, 0.15) is 0 Å². The van der Waals surface area contributed by atoms with Gasteiger partial charge in [-0.2, -0.15) is 0 Å². The molecule has 0 aliphatic carbocycles. The highest BCUT2D eigenvalue weighted by atomic mass is 32.1. The molecule has 2 aromatic rings. The van der Waals surface area contributed by atoms with E-state index >= 15 is 0 Å². The maximum absolute atomic E-state index is 4.84. The van der Waals surface area contributed by atoms with Crippen molar-refractivity contribution in [2.75, 3.05) is 19.6 Å². The van der Waals surface area contributed by atoms with Gasteiger partial charge in [-0.25, -0.2) is 4.98 Å². The molecule has 2 aromatic heterocycles. The molecule has 1 aliphatic rings. The number of hydrogen-bond donors (Lipinski definition) is 1. The molecule has 5 heteroatoms. The van der Waals surface area contributed by atoms with E-state index in [4.69, 9.17) is 4.98 Å². The van der Waals surface area contributed by atoms with E-state index < -0.39 is 0 Å². The molecule has 3 rings (SSSR count). The first kappa shape index (κ1) is 15.6. The van der Waals surface area contributed by atoms with Crippen LogP contribution in [-0.2, 0) is 12.0 Å². The molecule has 0 aromatic carbocycles. The van der Waals surface area contributed by atoms with Crippen molar-refractivity contribution in [1.29, 1.82) is 0 Å². The van der Waals surface area contributed by atoms with Crippen LogP contribution in [0.4, 0.5) is 0 Å². The van der Waals surface area contributed by atoms with E-state index in [-0.39, 0.29) is 5.41 Å². The predicted octanol–water partition coefficient (Wildman–Crippen LogP) is 2.98. The molecular formula is C17H24N4S. The fourth-order valence-corrected chi connectivity index (χ4v) is 3.67. The lowest BCUT2D eigenvalue weighted by Crippen LogP contribution is -2.45. The van der Waals surface area contributed by atoms with E-state index in [9.17, 15) is 0 Å². The summed E-state index contributed by atoms with van der Waals surface area (Å²) >= 11 is 1.78. The van der Waals surface area contributed by atoms with Crippen molar-refractivity contribution in [1.82, 2.24) is 20.2 Å². The van der Waals surface area contributed by atoms with Crippen molar-refractivity contribution >= 4 is 11.3 Å². The molecule has 4 nitrogen and oxygen atoms in total. The maximum Gasteiger partial charge on any atom is 0.0982 e. The van der Waals surface area contributed by atoms with Crippen LogP contribution >= 0.6 is 11.3 Å². The van der Waals surface area contributed by atoms with E-state index in [1.807, 2.05) is 18.5 Å². The largest absolute Gasteiger partial charge is 0.314 e. The molecule has 1 saturated heterocycles. The van der Waals surface area contributed by atoms with Gasteiger partial charge in [0.15, 0.2) is 0 Å². The van der Waals surface area contributed by atoms with Crippen molar-refractivity contribution < 1.29 is 0 Å². The van der Waals surface area contributed by atoms with Crippen molar-refractivity contribution in [2.24, 2.45) is 0 Å². The Bertz CT molecular complexity index is 603. The lowest BCUT2D eigenvalue weighted by atomic mass is 9.98. The van der Waals surface area contributed by atoms with Gasteiger partial charge in [0, 0.05) is 55.4 Å². The van der Waals surface area contributed by atoms with E-state index in [2.05, 4.69) is 47.4 Å². The molecule has 0 saturated carbocycles. The van der Waals surface area contributed by atoms with Crippen LogP contribution in [0.2, 0.25) is 0 Å². The zero-order valence-electron chi connectivity index (χ0n) is 13.5. The minimum atomic E-state index is 0.134. The standard InChI is InChI=1S/C17H24N4S/c1-17(2,3)16-20-14(12-22-16)11-21-8-7-19-10-15(21)13-5-4-6-18-9-13/h4-6,9,12,15,19H,7-8,10-11H2,1-3H3. The summed E-state index contributed by atoms with van der Waals surface area (Å²) in [5.74, 6) is 0. The zero-order valence-corrected chi connectivity index (χ0v) is 14.4. The molecule has 1 atom stereocenters. The first-order valence-electron chi connectivity index (χ1n) is 7.83. The van der Waals surface area contributed by atoms with Crippen molar-refractivity contribution in [3.8, 4) is 0 Å². The molecule has 22 heavy (non-hydrogen) atoms. The molecule has 0 amide bonds. The number of rotatable bonds is 3. The van der Waals surface area contributed by atoms with E-state index in [1.165, 1.54) is 16.3 Å². The monoisotopic (exact) mass is 316 g/mol. The van der Waals surface area contributed by atoms with Gasteiger partial charge in [0.25, 0.3) is 0 Å². The van der Waals surface area contributed by atoms with Crippen LogP contribution in [0.5, 0.6) is 0 Å². The summed E-state index contributed by atoms with van der Waals surface area (Å²) in [7, 11) is 0. The highest BCUT2D eigenvalue weighted by molar-refractivity contribution is 7.09. The van der Waals surface area contributed by atoms with Crippen LogP contribution in [0.15, 0.2) is 29.9 Å². The van der Waals surface area contributed by atoms with Crippen LogP contribution < -0.4 is 5.32 Å². The summed E-state index contributed by atoms with van der Waals surface area (Å²) in [5.41, 5.74) is 2.60. The molecule has 1 fully saturated rings.